The highest BCUT2D eigenvalue weighted by molar-refractivity contribution is 9.10. The third-order valence-electron chi connectivity index (χ3n) is 1.40. The van der Waals surface area contributed by atoms with E-state index in [9.17, 15) is 4.79 Å². The number of nitrogens with one attached hydrogen (secondary N) is 1. The predicted molar refractivity (Wildman–Crippen MR) is 47.9 cm³/mol. The molecule has 1 N–H and O–H groups in total. The van der Waals surface area contributed by atoms with Crippen LogP contribution in [-0.2, 0) is 0 Å². The van der Waals surface area contributed by atoms with Crippen LogP contribution < -0.4 is 5.56 Å². The Morgan fingerprint density at radius 2 is 2.25 bits per heavy atom. The first kappa shape index (κ1) is 7.42. The minimum absolute atomic E-state index is 0.216. The summed E-state index contributed by atoms with van der Waals surface area (Å²) >= 11 is 3.21. The van der Waals surface area contributed by atoms with E-state index in [1.54, 1.807) is 12.1 Å². The van der Waals surface area contributed by atoms with E-state index in [1.807, 2.05) is 0 Å². The van der Waals surface area contributed by atoms with Crippen LogP contribution >= 0.6 is 15.9 Å². The maximum atomic E-state index is 10.8. The van der Waals surface area contributed by atoms with Crippen molar-refractivity contribution in [1.82, 2.24) is 15.0 Å². The number of H-pyrrole nitrogens is 1. The summed E-state index contributed by atoms with van der Waals surface area (Å²) in [4.78, 5) is 21.3. The largest absolute Gasteiger partial charge is 0.318 e. The predicted octanol–water partition coefficient (Wildman–Crippen LogP) is 1.08. The number of hydrogen-bond acceptors (Lipinski definition) is 3. The van der Waals surface area contributed by atoms with Crippen molar-refractivity contribution in [2.45, 2.75) is 0 Å². The summed E-state index contributed by atoms with van der Waals surface area (Å²) in [5, 5.41) is 0. The van der Waals surface area contributed by atoms with E-state index in [-0.39, 0.29) is 5.56 Å². The number of hydrogen-bond donors (Lipinski definition) is 1. The number of pyridine rings is 1. The zero-order valence-electron chi connectivity index (χ0n) is 5.91. The Hall–Kier alpha value is -1.23. The van der Waals surface area contributed by atoms with E-state index in [0.29, 0.717) is 15.8 Å². The monoisotopic (exact) mass is 225 g/mol. The molecule has 0 radical (unpaired) electrons. The van der Waals surface area contributed by atoms with Gasteiger partial charge in [-0.1, -0.05) is 0 Å². The average Bonchev–Trinajstić information content (AvgIpc) is 2.05. The van der Waals surface area contributed by atoms with Gasteiger partial charge in [-0.25, -0.2) is 9.97 Å². The molecule has 0 amide bonds. The zero-order chi connectivity index (χ0) is 8.55. The SMILES string of the molecule is O=c1cnc2nc(Br)ccc2[nH]1. The molecule has 60 valence electrons. The maximum absolute atomic E-state index is 10.8. The topological polar surface area (TPSA) is 58.6 Å². The van der Waals surface area contributed by atoms with Gasteiger partial charge in [0.2, 0.25) is 0 Å². The Labute approximate surface area is 75.8 Å². The van der Waals surface area contributed by atoms with Crippen LogP contribution in [0.2, 0.25) is 0 Å². The van der Waals surface area contributed by atoms with Crippen molar-refractivity contribution in [2.75, 3.05) is 0 Å². The fourth-order valence-corrected chi connectivity index (χ4v) is 1.21. The number of fused-ring (bicyclic) bond motifs is 1. The molecule has 2 aromatic rings. The molecule has 0 bridgehead atoms. The lowest BCUT2D eigenvalue weighted by atomic mass is 10.4. The highest BCUT2D eigenvalue weighted by Gasteiger charge is 1.96. The normalized spacial score (nSPS) is 10.4. The Kier molecular flexibility index (Phi) is 1.65. The highest BCUT2D eigenvalue weighted by atomic mass is 79.9. The molecule has 2 aromatic heterocycles. The van der Waals surface area contributed by atoms with Gasteiger partial charge in [0.25, 0.3) is 5.56 Å². The Morgan fingerprint density at radius 1 is 1.42 bits per heavy atom. The Balaban J connectivity index is 2.87. The Morgan fingerprint density at radius 3 is 3.08 bits per heavy atom. The number of aromatic nitrogens is 3. The lowest BCUT2D eigenvalue weighted by molar-refractivity contribution is 1.16. The lowest BCUT2D eigenvalue weighted by Crippen LogP contribution is -2.05. The molecule has 0 aliphatic rings. The lowest BCUT2D eigenvalue weighted by Gasteiger charge is -1.94. The second-order valence-electron chi connectivity index (χ2n) is 2.25. The average molecular weight is 226 g/mol. The van der Waals surface area contributed by atoms with Crippen molar-refractivity contribution in [3.8, 4) is 0 Å². The molecule has 0 aliphatic carbocycles. The molecule has 12 heavy (non-hydrogen) atoms. The van der Waals surface area contributed by atoms with Gasteiger partial charge >= 0.3 is 0 Å². The minimum Gasteiger partial charge on any atom is -0.318 e. The van der Waals surface area contributed by atoms with Gasteiger partial charge in [0.05, 0.1) is 11.7 Å². The number of halogens is 1. The fourth-order valence-electron chi connectivity index (χ4n) is 0.906. The molecule has 0 atom stereocenters. The van der Waals surface area contributed by atoms with Crippen molar-refractivity contribution >= 4 is 27.1 Å². The summed E-state index contributed by atoms with van der Waals surface area (Å²) in [7, 11) is 0. The van der Waals surface area contributed by atoms with Crippen LogP contribution in [0.5, 0.6) is 0 Å². The van der Waals surface area contributed by atoms with Crippen LogP contribution in [0.15, 0.2) is 27.7 Å². The zero-order valence-corrected chi connectivity index (χ0v) is 7.50. The van der Waals surface area contributed by atoms with Gasteiger partial charge in [0.15, 0.2) is 5.65 Å². The molecular formula is C7H4BrN3O. The molecule has 0 spiro atoms. The summed E-state index contributed by atoms with van der Waals surface area (Å²) in [6, 6.07) is 3.50. The van der Waals surface area contributed by atoms with Gasteiger partial charge in [0.1, 0.15) is 4.60 Å². The molecule has 5 heteroatoms. The molecule has 0 saturated carbocycles. The van der Waals surface area contributed by atoms with Crippen LogP contribution in [0.1, 0.15) is 0 Å². The first-order valence-corrected chi connectivity index (χ1v) is 4.06. The third kappa shape index (κ3) is 1.23. The van der Waals surface area contributed by atoms with Crippen LogP contribution in [0.3, 0.4) is 0 Å². The maximum Gasteiger partial charge on any atom is 0.266 e. The summed E-state index contributed by atoms with van der Waals surface area (Å²) < 4.78 is 0.703. The second-order valence-corrected chi connectivity index (χ2v) is 3.07. The van der Waals surface area contributed by atoms with E-state index in [1.165, 1.54) is 6.20 Å². The van der Waals surface area contributed by atoms with Crippen molar-refractivity contribution < 1.29 is 0 Å². The molecule has 0 aliphatic heterocycles. The van der Waals surface area contributed by atoms with Crippen LogP contribution in [0, 0.1) is 0 Å². The van der Waals surface area contributed by atoms with E-state index < -0.39 is 0 Å². The van der Waals surface area contributed by atoms with Crippen LogP contribution in [-0.4, -0.2) is 15.0 Å². The summed E-state index contributed by atoms with van der Waals surface area (Å²) in [5.41, 5.74) is 0.960. The summed E-state index contributed by atoms with van der Waals surface area (Å²) in [5.74, 6) is 0. The molecule has 4 nitrogen and oxygen atoms in total. The van der Waals surface area contributed by atoms with E-state index in [0.717, 1.165) is 0 Å². The first-order valence-electron chi connectivity index (χ1n) is 3.27. The number of aromatic amines is 1. The molecular weight excluding hydrogens is 222 g/mol. The van der Waals surface area contributed by atoms with E-state index in [4.69, 9.17) is 0 Å². The quantitative estimate of drug-likeness (QED) is 0.683. The van der Waals surface area contributed by atoms with Crippen molar-refractivity contribution in [3.05, 3.63) is 33.3 Å². The van der Waals surface area contributed by atoms with Gasteiger partial charge < -0.3 is 4.98 Å². The van der Waals surface area contributed by atoms with Crippen molar-refractivity contribution in [1.29, 1.82) is 0 Å². The molecule has 2 heterocycles. The molecule has 0 unspecified atom stereocenters. The smallest absolute Gasteiger partial charge is 0.266 e. The number of nitrogens with zero attached hydrogens (tertiary/aromatic N) is 2. The Bertz CT molecular complexity index is 479. The van der Waals surface area contributed by atoms with Gasteiger partial charge in [-0.3, -0.25) is 4.79 Å². The van der Waals surface area contributed by atoms with Crippen LogP contribution in [0.25, 0.3) is 11.2 Å². The standard InChI is InChI=1S/C7H4BrN3O/c8-5-2-1-4-7(11-5)9-3-6(12)10-4/h1-3H,(H,10,12). The highest BCUT2D eigenvalue weighted by Crippen LogP contribution is 2.09. The minimum atomic E-state index is -0.216. The third-order valence-corrected chi connectivity index (χ3v) is 1.84. The van der Waals surface area contributed by atoms with Crippen LogP contribution in [0.4, 0.5) is 0 Å². The second kappa shape index (κ2) is 2.67. The number of rotatable bonds is 0. The molecule has 0 fully saturated rings. The first-order chi connectivity index (χ1) is 5.75. The van der Waals surface area contributed by atoms with Gasteiger partial charge in [-0.2, -0.15) is 0 Å². The van der Waals surface area contributed by atoms with Crippen molar-refractivity contribution in [3.63, 3.8) is 0 Å². The summed E-state index contributed by atoms with van der Waals surface area (Å²) in [6.07, 6.45) is 1.21. The van der Waals surface area contributed by atoms with Gasteiger partial charge in [-0.05, 0) is 28.1 Å². The molecule has 0 saturated heterocycles. The van der Waals surface area contributed by atoms with Crippen molar-refractivity contribution in [2.24, 2.45) is 0 Å². The van der Waals surface area contributed by atoms with Gasteiger partial charge in [-0.15, -0.1) is 0 Å². The molecule has 2 rings (SSSR count). The van der Waals surface area contributed by atoms with E-state index >= 15 is 0 Å². The van der Waals surface area contributed by atoms with Gasteiger partial charge in [0, 0.05) is 0 Å². The van der Waals surface area contributed by atoms with E-state index in [2.05, 4.69) is 30.9 Å². The molecule has 0 aromatic carbocycles. The fraction of sp³-hybridized carbons (Fsp3) is 0. The summed E-state index contributed by atoms with van der Waals surface area (Å²) in [6.45, 7) is 0.